The van der Waals surface area contributed by atoms with Crippen LogP contribution in [0.25, 0.3) is 5.70 Å². The summed E-state index contributed by atoms with van der Waals surface area (Å²) >= 11 is 1.60. The standard InChI is InChI=1S/C22H26N4OS/c1-17-7-9-19(10-8-17)26-13-11-25(12-14-26)15-21(27)24-22-23-20(16-28-22)18-5-3-2-4-6-18/h2-10,16,22-23H,11-15H2,1H3,(H,24,27). The average Bonchev–Trinajstić information content (AvgIpc) is 3.18. The molecule has 4 rings (SSSR count). The van der Waals surface area contributed by atoms with Crippen molar-refractivity contribution in [3.8, 4) is 0 Å². The van der Waals surface area contributed by atoms with Gasteiger partial charge in [-0.15, -0.1) is 0 Å². The van der Waals surface area contributed by atoms with Crippen LogP contribution in [0.5, 0.6) is 0 Å². The van der Waals surface area contributed by atoms with E-state index in [4.69, 9.17) is 0 Å². The summed E-state index contributed by atoms with van der Waals surface area (Å²) in [6.45, 7) is 6.26. The summed E-state index contributed by atoms with van der Waals surface area (Å²) in [6.07, 6.45) is 0. The zero-order chi connectivity index (χ0) is 19.3. The molecule has 1 amide bonds. The van der Waals surface area contributed by atoms with Crippen molar-refractivity contribution >= 4 is 29.1 Å². The number of rotatable bonds is 5. The molecule has 0 saturated carbocycles. The van der Waals surface area contributed by atoms with Crippen molar-refractivity contribution < 1.29 is 4.79 Å². The number of benzene rings is 2. The number of carbonyl (C=O) groups is 1. The van der Waals surface area contributed by atoms with Crippen LogP contribution in [0.1, 0.15) is 11.1 Å². The number of carbonyl (C=O) groups excluding carboxylic acids is 1. The SMILES string of the molecule is Cc1ccc(N2CCN(CC(=O)NC3NC(c4ccccc4)=CS3)CC2)cc1. The van der Waals surface area contributed by atoms with Gasteiger partial charge in [0.25, 0.3) is 0 Å². The van der Waals surface area contributed by atoms with Crippen LogP contribution in [0.2, 0.25) is 0 Å². The van der Waals surface area contributed by atoms with E-state index in [-0.39, 0.29) is 11.4 Å². The van der Waals surface area contributed by atoms with E-state index < -0.39 is 0 Å². The van der Waals surface area contributed by atoms with Gasteiger partial charge in [0.05, 0.1) is 12.2 Å². The second-order valence-corrected chi connectivity index (χ2v) is 8.20. The molecule has 0 radical (unpaired) electrons. The third-order valence-electron chi connectivity index (χ3n) is 5.12. The summed E-state index contributed by atoms with van der Waals surface area (Å²) in [5, 5.41) is 8.52. The highest BCUT2D eigenvalue weighted by molar-refractivity contribution is 8.03. The second kappa shape index (κ2) is 8.71. The molecule has 0 bridgehead atoms. The Hall–Kier alpha value is -2.44. The van der Waals surface area contributed by atoms with Crippen molar-refractivity contribution in [2.24, 2.45) is 0 Å². The van der Waals surface area contributed by atoms with Crippen molar-refractivity contribution in [1.82, 2.24) is 15.5 Å². The van der Waals surface area contributed by atoms with Gasteiger partial charge in [0.2, 0.25) is 5.91 Å². The Bertz CT molecular complexity index is 829. The van der Waals surface area contributed by atoms with E-state index in [1.54, 1.807) is 11.8 Å². The van der Waals surface area contributed by atoms with Crippen molar-refractivity contribution in [2.75, 3.05) is 37.6 Å². The molecule has 28 heavy (non-hydrogen) atoms. The van der Waals surface area contributed by atoms with E-state index >= 15 is 0 Å². The van der Waals surface area contributed by atoms with Crippen LogP contribution in [0.15, 0.2) is 60.0 Å². The molecular weight excluding hydrogens is 368 g/mol. The van der Waals surface area contributed by atoms with Crippen molar-refractivity contribution in [3.63, 3.8) is 0 Å². The summed E-state index contributed by atoms with van der Waals surface area (Å²) in [6, 6.07) is 18.8. The van der Waals surface area contributed by atoms with Gasteiger partial charge in [0.15, 0.2) is 5.50 Å². The van der Waals surface area contributed by atoms with Crippen LogP contribution in [-0.2, 0) is 4.79 Å². The lowest BCUT2D eigenvalue weighted by Gasteiger charge is -2.35. The van der Waals surface area contributed by atoms with Gasteiger partial charge < -0.3 is 15.5 Å². The van der Waals surface area contributed by atoms with Gasteiger partial charge in [0, 0.05) is 31.9 Å². The molecule has 1 fully saturated rings. The van der Waals surface area contributed by atoms with Gasteiger partial charge in [-0.2, -0.15) is 0 Å². The van der Waals surface area contributed by atoms with Crippen LogP contribution in [0.4, 0.5) is 5.69 Å². The topological polar surface area (TPSA) is 47.6 Å². The van der Waals surface area contributed by atoms with Gasteiger partial charge in [-0.05, 0) is 30.0 Å². The van der Waals surface area contributed by atoms with E-state index in [0.717, 1.165) is 37.4 Å². The van der Waals surface area contributed by atoms with Crippen LogP contribution in [-0.4, -0.2) is 49.0 Å². The first-order valence-corrected chi connectivity index (χ1v) is 10.6. The van der Waals surface area contributed by atoms with Gasteiger partial charge in [-0.1, -0.05) is 59.8 Å². The number of aryl methyl sites for hydroxylation is 1. The number of nitrogens with zero attached hydrogens (tertiary/aromatic N) is 2. The van der Waals surface area contributed by atoms with Gasteiger partial charge in [-0.3, -0.25) is 9.69 Å². The van der Waals surface area contributed by atoms with E-state index in [1.807, 2.05) is 18.2 Å². The lowest BCUT2D eigenvalue weighted by atomic mass is 10.2. The fourth-order valence-electron chi connectivity index (χ4n) is 3.50. The molecule has 2 aliphatic heterocycles. The second-order valence-electron chi connectivity index (χ2n) is 7.22. The van der Waals surface area contributed by atoms with E-state index in [2.05, 4.69) is 69.2 Å². The lowest BCUT2D eigenvalue weighted by molar-refractivity contribution is -0.122. The highest BCUT2D eigenvalue weighted by Crippen LogP contribution is 2.25. The monoisotopic (exact) mass is 394 g/mol. The summed E-state index contributed by atoms with van der Waals surface area (Å²) < 4.78 is 0. The predicted octanol–water partition coefficient (Wildman–Crippen LogP) is 2.85. The van der Waals surface area contributed by atoms with Crippen molar-refractivity contribution in [2.45, 2.75) is 12.4 Å². The fraction of sp³-hybridized carbons (Fsp3) is 0.318. The third-order valence-corrected chi connectivity index (χ3v) is 6.00. The minimum absolute atomic E-state index is 0.0662. The first-order valence-electron chi connectivity index (χ1n) is 9.68. The van der Waals surface area contributed by atoms with E-state index in [9.17, 15) is 4.79 Å². The maximum atomic E-state index is 12.5. The number of thioether (sulfide) groups is 1. The lowest BCUT2D eigenvalue weighted by Crippen LogP contribution is -2.51. The first kappa shape index (κ1) is 18.9. The molecule has 1 unspecified atom stereocenters. The molecule has 5 nitrogen and oxygen atoms in total. The quantitative estimate of drug-likeness (QED) is 0.817. The third kappa shape index (κ3) is 4.69. The summed E-state index contributed by atoms with van der Waals surface area (Å²) in [4.78, 5) is 17.1. The molecule has 0 aliphatic carbocycles. The molecule has 1 atom stereocenters. The number of hydrogen-bond acceptors (Lipinski definition) is 5. The molecule has 1 saturated heterocycles. The average molecular weight is 395 g/mol. The highest BCUT2D eigenvalue weighted by atomic mass is 32.2. The number of piperazine rings is 1. The zero-order valence-electron chi connectivity index (χ0n) is 16.1. The van der Waals surface area contributed by atoms with Crippen molar-refractivity contribution in [1.29, 1.82) is 0 Å². The van der Waals surface area contributed by atoms with Crippen molar-refractivity contribution in [3.05, 3.63) is 71.1 Å². The Morgan fingerprint density at radius 3 is 2.50 bits per heavy atom. The van der Waals surface area contributed by atoms with Crippen LogP contribution in [0, 0.1) is 6.92 Å². The molecule has 0 spiro atoms. The molecular formula is C22H26N4OS. The smallest absolute Gasteiger partial charge is 0.236 e. The molecule has 2 N–H and O–H groups in total. The molecule has 146 valence electrons. The Labute approximate surface area is 170 Å². The number of nitrogens with one attached hydrogen (secondary N) is 2. The Kier molecular flexibility index (Phi) is 5.88. The van der Waals surface area contributed by atoms with Gasteiger partial charge in [-0.25, -0.2) is 0 Å². The number of anilines is 1. The largest absolute Gasteiger partial charge is 0.369 e. The Morgan fingerprint density at radius 1 is 1.07 bits per heavy atom. The first-order chi connectivity index (χ1) is 13.7. The summed E-state index contributed by atoms with van der Waals surface area (Å²) in [5.74, 6) is 0.0662. The van der Waals surface area contributed by atoms with Gasteiger partial charge in [0.1, 0.15) is 0 Å². The predicted molar refractivity (Wildman–Crippen MR) is 117 cm³/mol. The maximum absolute atomic E-state index is 12.5. The molecule has 0 aromatic heterocycles. The number of amides is 1. The van der Waals surface area contributed by atoms with Gasteiger partial charge >= 0.3 is 0 Å². The minimum atomic E-state index is -0.100. The zero-order valence-corrected chi connectivity index (χ0v) is 16.9. The molecule has 2 aromatic rings. The molecule has 2 aliphatic rings. The normalized spacial score (nSPS) is 19.8. The Balaban J connectivity index is 1.21. The highest BCUT2D eigenvalue weighted by Gasteiger charge is 2.23. The number of hydrogen-bond donors (Lipinski definition) is 2. The summed E-state index contributed by atoms with van der Waals surface area (Å²) in [7, 11) is 0. The van der Waals surface area contributed by atoms with Crippen LogP contribution >= 0.6 is 11.8 Å². The van der Waals surface area contributed by atoms with E-state index in [1.165, 1.54) is 11.3 Å². The molecule has 2 heterocycles. The fourth-order valence-corrected chi connectivity index (χ4v) is 4.37. The van der Waals surface area contributed by atoms with Crippen LogP contribution < -0.4 is 15.5 Å². The maximum Gasteiger partial charge on any atom is 0.236 e. The van der Waals surface area contributed by atoms with Crippen LogP contribution in [0.3, 0.4) is 0 Å². The summed E-state index contributed by atoms with van der Waals surface area (Å²) in [5.41, 5.74) is 4.64. The molecule has 2 aromatic carbocycles. The minimum Gasteiger partial charge on any atom is -0.369 e. The van der Waals surface area contributed by atoms with E-state index in [0.29, 0.717) is 6.54 Å². The Morgan fingerprint density at radius 2 is 1.79 bits per heavy atom. The molecule has 6 heteroatoms.